The van der Waals surface area contributed by atoms with Gasteiger partial charge in [0, 0.05) is 30.8 Å². The molecule has 1 saturated heterocycles. The van der Waals surface area contributed by atoms with Gasteiger partial charge in [0.15, 0.2) is 11.5 Å². The maximum Gasteiger partial charge on any atom is 0.433 e. The smallest absolute Gasteiger partial charge is 0.335 e. The molecule has 1 N–H and O–H groups in total. The third-order valence-corrected chi connectivity index (χ3v) is 5.64. The number of halogens is 4. The summed E-state index contributed by atoms with van der Waals surface area (Å²) < 4.78 is 54.6. The molecule has 1 aliphatic heterocycles. The number of aromatic amines is 1. The third-order valence-electron chi connectivity index (χ3n) is 5.64. The Bertz CT molecular complexity index is 1340. The fourth-order valence-electron chi connectivity index (χ4n) is 4.16. The second-order valence-electron chi connectivity index (χ2n) is 7.96. The molecule has 0 spiro atoms. The van der Waals surface area contributed by atoms with Gasteiger partial charge in [-0.15, -0.1) is 0 Å². The topological polar surface area (TPSA) is 79.2 Å². The number of aromatic nitrogens is 5. The Morgan fingerprint density at radius 2 is 2.00 bits per heavy atom. The van der Waals surface area contributed by atoms with Crippen LogP contribution in [-0.2, 0) is 6.18 Å². The average Bonchev–Trinajstić information content (AvgIpc) is 3.35. The van der Waals surface area contributed by atoms with E-state index in [0.717, 1.165) is 10.6 Å². The summed E-state index contributed by atoms with van der Waals surface area (Å²) >= 11 is 0. The number of H-pyrrole nitrogens is 1. The highest BCUT2D eigenvalue weighted by Gasteiger charge is 2.36. The van der Waals surface area contributed by atoms with Crippen molar-refractivity contribution in [1.29, 1.82) is 0 Å². The zero-order valence-electron chi connectivity index (χ0n) is 16.9. The number of fused-ring (bicyclic) bond motifs is 2. The molecule has 0 bridgehead atoms. The molecule has 1 fully saturated rings. The van der Waals surface area contributed by atoms with Gasteiger partial charge in [0.25, 0.3) is 5.91 Å². The van der Waals surface area contributed by atoms with Gasteiger partial charge in [0.2, 0.25) is 0 Å². The van der Waals surface area contributed by atoms with Crippen molar-refractivity contribution in [3.05, 3.63) is 59.1 Å². The van der Waals surface area contributed by atoms with E-state index in [9.17, 15) is 22.4 Å². The summed E-state index contributed by atoms with van der Waals surface area (Å²) in [6.07, 6.45) is -3.22. The number of amides is 1. The minimum atomic E-state index is -4.56. The van der Waals surface area contributed by atoms with E-state index >= 15 is 0 Å². The van der Waals surface area contributed by atoms with E-state index < -0.39 is 17.7 Å². The first-order valence-electron chi connectivity index (χ1n) is 10.1. The van der Waals surface area contributed by atoms with E-state index in [1.165, 1.54) is 25.1 Å². The van der Waals surface area contributed by atoms with Crippen LogP contribution in [0.25, 0.3) is 16.7 Å². The number of benzene rings is 1. The molecule has 3 aromatic heterocycles. The summed E-state index contributed by atoms with van der Waals surface area (Å²) in [7, 11) is 0. The molecule has 4 aromatic rings. The Morgan fingerprint density at radius 3 is 2.78 bits per heavy atom. The van der Waals surface area contributed by atoms with E-state index in [2.05, 4.69) is 20.1 Å². The predicted molar refractivity (Wildman–Crippen MR) is 107 cm³/mol. The molecule has 1 aromatic carbocycles. The summed E-state index contributed by atoms with van der Waals surface area (Å²) in [6.45, 7) is 2.27. The van der Waals surface area contributed by atoms with Crippen LogP contribution in [0.5, 0.6) is 0 Å². The van der Waals surface area contributed by atoms with Crippen LogP contribution in [0, 0.1) is 12.7 Å². The number of piperidine rings is 1. The SMILES string of the molecule is Cc1cc(C(F)(F)F)n2nc([C@@H]3CCCN(C(=O)c4nc5ccc(F)cc5[nH]4)C3)cc2n1. The van der Waals surface area contributed by atoms with Gasteiger partial charge < -0.3 is 9.88 Å². The van der Waals surface area contributed by atoms with Gasteiger partial charge in [0.05, 0.1) is 16.7 Å². The molecule has 166 valence electrons. The Balaban J connectivity index is 1.43. The second-order valence-corrected chi connectivity index (χ2v) is 7.96. The highest BCUT2D eigenvalue weighted by atomic mass is 19.4. The highest BCUT2D eigenvalue weighted by Crippen LogP contribution is 2.32. The van der Waals surface area contributed by atoms with E-state index in [1.807, 2.05) is 0 Å². The number of nitrogens with zero attached hydrogens (tertiary/aromatic N) is 5. The Hall–Kier alpha value is -3.50. The largest absolute Gasteiger partial charge is 0.433 e. The van der Waals surface area contributed by atoms with E-state index in [4.69, 9.17) is 0 Å². The third kappa shape index (κ3) is 3.57. The minimum absolute atomic E-state index is 0.0953. The van der Waals surface area contributed by atoms with Crippen LogP contribution in [0.15, 0.2) is 30.3 Å². The number of nitrogens with one attached hydrogen (secondary N) is 1. The van der Waals surface area contributed by atoms with Crippen molar-refractivity contribution in [2.75, 3.05) is 13.1 Å². The minimum Gasteiger partial charge on any atom is -0.335 e. The lowest BCUT2D eigenvalue weighted by Gasteiger charge is -2.31. The molecule has 7 nitrogen and oxygen atoms in total. The standard InChI is InChI=1S/C21H18F4N6O/c1-11-7-17(21(23,24)25)31-18(26-11)9-15(29-31)12-3-2-6-30(10-12)20(32)19-27-14-5-4-13(22)8-16(14)28-19/h4-5,7-9,12H,2-3,6,10H2,1H3,(H,27,28)/t12-/m1/s1. The van der Waals surface area contributed by atoms with Crippen LogP contribution >= 0.6 is 0 Å². The molecule has 1 aliphatic rings. The molecule has 0 radical (unpaired) electrons. The summed E-state index contributed by atoms with van der Waals surface area (Å²) in [4.78, 5) is 25.8. The molecule has 1 atom stereocenters. The molecular formula is C21H18F4N6O. The zero-order valence-corrected chi connectivity index (χ0v) is 16.9. The van der Waals surface area contributed by atoms with Crippen LogP contribution in [0.1, 0.15) is 46.5 Å². The Kier molecular flexibility index (Phi) is 4.64. The molecule has 0 saturated carbocycles. The van der Waals surface area contributed by atoms with Crippen molar-refractivity contribution in [2.45, 2.75) is 31.9 Å². The van der Waals surface area contributed by atoms with Crippen molar-refractivity contribution < 1.29 is 22.4 Å². The van der Waals surface area contributed by atoms with Gasteiger partial charge in [-0.1, -0.05) is 0 Å². The van der Waals surface area contributed by atoms with Gasteiger partial charge in [-0.25, -0.2) is 18.9 Å². The lowest BCUT2D eigenvalue weighted by Crippen LogP contribution is -2.39. The maximum atomic E-state index is 13.4. The van der Waals surface area contributed by atoms with Crippen molar-refractivity contribution in [3.8, 4) is 0 Å². The number of aryl methyl sites for hydroxylation is 1. The number of carbonyl (C=O) groups is 1. The van der Waals surface area contributed by atoms with Crippen LogP contribution in [0.4, 0.5) is 17.6 Å². The lowest BCUT2D eigenvalue weighted by atomic mass is 9.95. The quantitative estimate of drug-likeness (QED) is 0.471. The summed E-state index contributed by atoms with van der Waals surface area (Å²) in [5.74, 6) is -0.928. The number of rotatable bonds is 2. The normalized spacial score (nSPS) is 17.4. The van der Waals surface area contributed by atoms with Crippen LogP contribution in [0.2, 0.25) is 0 Å². The van der Waals surface area contributed by atoms with E-state index in [-0.39, 0.29) is 35.5 Å². The van der Waals surface area contributed by atoms with Gasteiger partial charge in [0.1, 0.15) is 11.5 Å². The number of hydrogen-bond donors (Lipinski definition) is 1. The Morgan fingerprint density at radius 1 is 1.19 bits per heavy atom. The van der Waals surface area contributed by atoms with Gasteiger partial charge in [-0.05, 0) is 44.0 Å². The number of likely N-dealkylation sites (tertiary alicyclic amines) is 1. The zero-order chi connectivity index (χ0) is 22.6. The molecule has 5 rings (SSSR count). The molecule has 0 unspecified atom stereocenters. The monoisotopic (exact) mass is 446 g/mol. The summed E-state index contributed by atoms with van der Waals surface area (Å²) in [6, 6.07) is 6.53. The van der Waals surface area contributed by atoms with Crippen LogP contribution < -0.4 is 0 Å². The van der Waals surface area contributed by atoms with Gasteiger partial charge >= 0.3 is 6.18 Å². The first-order chi connectivity index (χ1) is 15.2. The number of alkyl halides is 3. The van der Waals surface area contributed by atoms with E-state index in [1.54, 1.807) is 11.0 Å². The van der Waals surface area contributed by atoms with Crippen LogP contribution in [-0.4, -0.2) is 48.5 Å². The number of imidazole rings is 1. The van der Waals surface area contributed by atoms with Gasteiger partial charge in [-0.3, -0.25) is 4.79 Å². The lowest BCUT2D eigenvalue weighted by molar-refractivity contribution is -0.142. The van der Waals surface area contributed by atoms with Crippen LogP contribution in [0.3, 0.4) is 0 Å². The van der Waals surface area contributed by atoms with Crippen molar-refractivity contribution in [3.63, 3.8) is 0 Å². The number of hydrogen-bond acceptors (Lipinski definition) is 4. The second kappa shape index (κ2) is 7.28. The number of carbonyl (C=O) groups excluding carboxylic acids is 1. The molecule has 4 heterocycles. The average molecular weight is 446 g/mol. The fourth-order valence-corrected chi connectivity index (χ4v) is 4.16. The van der Waals surface area contributed by atoms with Gasteiger partial charge in [-0.2, -0.15) is 18.3 Å². The van der Waals surface area contributed by atoms with E-state index in [0.29, 0.717) is 36.1 Å². The fraction of sp³-hybridized carbons (Fsp3) is 0.333. The molecule has 11 heteroatoms. The van der Waals surface area contributed by atoms with Crippen molar-refractivity contribution in [1.82, 2.24) is 29.5 Å². The summed E-state index contributed by atoms with van der Waals surface area (Å²) in [5.41, 5.74) is 0.837. The molecule has 0 aliphatic carbocycles. The van der Waals surface area contributed by atoms with Crippen molar-refractivity contribution >= 4 is 22.6 Å². The maximum absolute atomic E-state index is 13.4. The molecule has 32 heavy (non-hydrogen) atoms. The summed E-state index contributed by atoms with van der Waals surface area (Å²) in [5, 5.41) is 4.19. The molecular weight excluding hydrogens is 428 g/mol. The molecule has 1 amide bonds. The first-order valence-corrected chi connectivity index (χ1v) is 10.1. The predicted octanol–water partition coefficient (Wildman–Crippen LogP) is 4.09. The first kappa shape index (κ1) is 20.4. The highest BCUT2D eigenvalue weighted by molar-refractivity contribution is 5.94. The van der Waals surface area contributed by atoms with Crippen molar-refractivity contribution in [2.24, 2.45) is 0 Å². The Labute approximate surface area is 179 Å².